The number of carbonyl (C=O) groups is 1. The SMILES string of the molecule is Cn1cccc1C(=O)Cn1nc(-n2cncn2)ccc1=O. The summed E-state index contributed by atoms with van der Waals surface area (Å²) >= 11 is 0. The molecule has 0 aliphatic rings. The zero-order chi connectivity index (χ0) is 14.8. The Bertz CT molecular complexity index is 830. The number of hydrogen-bond donors (Lipinski definition) is 0. The maximum Gasteiger partial charge on any atom is 0.267 e. The molecule has 8 nitrogen and oxygen atoms in total. The largest absolute Gasteiger partial charge is 0.348 e. The first-order valence-electron chi connectivity index (χ1n) is 6.23. The molecule has 3 aromatic rings. The first-order chi connectivity index (χ1) is 10.1. The molecule has 0 aliphatic heterocycles. The van der Waals surface area contributed by atoms with Crippen molar-refractivity contribution in [3.8, 4) is 5.82 Å². The summed E-state index contributed by atoms with van der Waals surface area (Å²) in [6, 6.07) is 6.35. The van der Waals surface area contributed by atoms with Crippen LogP contribution in [0.4, 0.5) is 0 Å². The molecule has 8 heteroatoms. The Morgan fingerprint density at radius 1 is 1.29 bits per heavy atom. The number of hydrogen-bond acceptors (Lipinski definition) is 5. The number of ketones is 1. The van der Waals surface area contributed by atoms with E-state index in [1.807, 2.05) is 0 Å². The molecule has 0 spiro atoms. The minimum Gasteiger partial charge on any atom is -0.348 e. The van der Waals surface area contributed by atoms with Gasteiger partial charge in [-0.05, 0) is 18.2 Å². The summed E-state index contributed by atoms with van der Waals surface area (Å²) in [5.74, 6) is 0.236. The molecule has 0 radical (unpaired) electrons. The van der Waals surface area contributed by atoms with E-state index < -0.39 is 0 Å². The van der Waals surface area contributed by atoms with Crippen LogP contribution >= 0.6 is 0 Å². The minimum absolute atomic E-state index is 0.126. The molecule has 0 N–H and O–H groups in total. The highest BCUT2D eigenvalue weighted by Crippen LogP contribution is 2.03. The van der Waals surface area contributed by atoms with E-state index in [1.165, 1.54) is 29.5 Å². The first-order valence-corrected chi connectivity index (χ1v) is 6.23. The van der Waals surface area contributed by atoms with Crippen LogP contribution in [0, 0.1) is 0 Å². The van der Waals surface area contributed by atoms with Gasteiger partial charge in [0.25, 0.3) is 5.56 Å². The van der Waals surface area contributed by atoms with Gasteiger partial charge in [0.05, 0.1) is 5.69 Å². The lowest BCUT2D eigenvalue weighted by Crippen LogP contribution is -2.27. The summed E-state index contributed by atoms with van der Waals surface area (Å²) in [6.07, 6.45) is 4.61. The highest BCUT2D eigenvalue weighted by Gasteiger charge is 2.12. The van der Waals surface area contributed by atoms with E-state index in [4.69, 9.17) is 0 Å². The van der Waals surface area contributed by atoms with Gasteiger partial charge in [0.1, 0.15) is 19.2 Å². The van der Waals surface area contributed by atoms with Gasteiger partial charge in [0.15, 0.2) is 5.82 Å². The summed E-state index contributed by atoms with van der Waals surface area (Å²) in [4.78, 5) is 27.8. The van der Waals surface area contributed by atoms with Gasteiger partial charge in [-0.15, -0.1) is 5.10 Å². The van der Waals surface area contributed by atoms with E-state index in [1.54, 1.807) is 29.9 Å². The second-order valence-electron chi connectivity index (χ2n) is 4.45. The molecule has 0 aliphatic carbocycles. The van der Waals surface area contributed by atoms with Gasteiger partial charge in [0, 0.05) is 19.3 Å². The number of aromatic nitrogens is 6. The molecule has 3 heterocycles. The lowest BCUT2D eigenvalue weighted by Gasteiger charge is -2.06. The lowest BCUT2D eigenvalue weighted by molar-refractivity contribution is 0.0957. The van der Waals surface area contributed by atoms with E-state index in [0.717, 1.165) is 4.68 Å². The fraction of sp³-hybridized carbons (Fsp3) is 0.154. The Morgan fingerprint density at radius 2 is 2.14 bits per heavy atom. The number of aryl methyl sites for hydroxylation is 1. The Morgan fingerprint density at radius 3 is 2.81 bits per heavy atom. The van der Waals surface area contributed by atoms with Crippen LogP contribution in [0.1, 0.15) is 10.5 Å². The zero-order valence-corrected chi connectivity index (χ0v) is 11.2. The molecule has 0 fully saturated rings. The highest BCUT2D eigenvalue weighted by molar-refractivity contribution is 5.94. The molecular formula is C13H12N6O2. The zero-order valence-electron chi connectivity index (χ0n) is 11.2. The van der Waals surface area contributed by atoms with E-state index in [0.29, 0.717) is 11.5 Å². The lowest BCUT2D eigenvalue weighted by atomic mass is 10.3. The van der Waals surface area contributed by atoms with Gasteiger partial charge in [-0.3, -0.25) is 9.59 Å². The Hall–Kier alpha value is -3.03. The van der Waals surface area contributed by atoms with Crippen molar-refractivity contribution in [2.24, 2.45) is 7.05 Å². The molecule has 0 unspecified atom stereocenters. The Kier molecular flexibility index (Phi) is 3.19. The number of Topliss-reactive ketones (excluding diaryl/α,β-unsaturated/α-hetero) is 1. The quantitative estimate of drug-likeness (QED) is 0.631. The molecule has 21 heavy (non-hydrogen) atoms. The maximum absolute atomic E-state index is 12.2. The van der Waals surface area contributed by atoms with Crippen LogP contribution in [0.25, 0.3) is 5.82 Å². The van der Waals surface area contributed by atoms with Crippen molar-refractivity contribution in [1.29, 1.82) is 0 Å². The summed E-state index contributed by atoms with van der Waals surface area (Å²) in [5.41, 5.74) is 0.177. The second kappa shape index (κ2) is 5.16. The molecule has 0 atom stereocenters. The summed E-state index contributed by atoms with van der Waals surface area (Å²) in [5, 5.41) is 8.07. The predicted octanol–water partition coefficient (Wildman–Crippen LogP) is 0.0454. The van der Waals surface area contributed by atoms with Crippen molar-refractivity contribution in [3.05, 3.63) is 59.2 Å². The van der Waals surface area contributed by atoms with Gasteiger partial charge < -0.3 is 4.57 Å². The maximum atomic E-state index is 12.2. The van der Waals surface area contributed by atoms with Crippen LogP contribution in [-0.2, 0) is 13.6 Å². The van der Waals surface area contributed by atoms with Crippen molar-refractivity contribution in [3.63, 3.8) is 0 Å². The summed E-state index contributed by atoms with van der Waals surface area (Å²) < 4.78 is 4.24. The number of carbonyl (C=O) groups excluding carboxylic acids is 1. The Balaban J connectivity index is 1.92. The molecule has 0 amide bonds. The van der Waals surface area contributed by atoms with Crippen LogP contribution in [0.5, 0.6) is 0 Å². The fourth-order valence-electron chi connectivity index (χ4n) is 1.97. The van der Waals surface area contributed by atoms with Gasteiger partial charge >= 0.3 is 0 Å². The van der Waals surface area contributed by atoms with E-state index in [2.05, 4.69) is 15.2 Å². The van der Waals surface area contributed by atoms with E-state index in [-0.39, 0.29) is 17.9 Å². The minimum atomic E-state index is -0.346. The van der Waals surface area contributed by atoms with Gasteiger partial charge in [-0.25, -0.2) is 14.3 Å². The summed E-state index contributed by atoms with van der Waals surface area (Å²) in [7, 11) is 1.77. The van der Waals surface area contributed by atoms with Crippen LogP contribution in [0.15, 0.2) is 47.9 Å². The highest BCUT2D eigenvalue weighted by atomic mass is 16.1. The van der Waals surface area contributed by atoms with Crippen molar-refractivity contribution in [2.45, 2.75) is 6.54 Å². The van der Waals surface area contributed by atoms with Gasteiger partial charge in [-0.1, -0.05) is 0 Å². The third-order valence-electron chi connectivity index (χ3n) is 3.03. The standard InChI is InChI=1S/C13H12N6O2/c1-17-6-2-3-10(17)11(20)7-18-13(21)5-4-12(16-18)19-9-14-8-15-19/h2-6,8-9H,7H2,1H3. The predicted molar refractivity (Wildman–Crippen MR) is 73.2 cm³/mol. The fourth-order valence-corrected chi connectivity index (χ4v) is 1.97. The average Bonchev–Trinajstić information content (AvgIpc) is 3.12. The normalized spacial score (nSPS) is 10.7. The van der Waals surface area contributed by atoms with Crippen molar-refractivity contribution in [1.82, 2.24) is 29.1 Å². The molecular weight excluding hydrogens is 272 g/mol. The van der Waals surface area contributed by atoms with Crippen LogP contribution < -0.4 is 5.56 Å². The van der Waals surface area contributed by atoms with Crippen LogP contribution in [-0.4, -0.2) is 34.9 Å². The topological polar surface area (TPSA) is 87.6 Å². The van der Waals surface area contributed by atoms with Crippen molar-refractivity contribution < 1.29 is 4.79 Å². The summed E-state index contributed by atoms with van der Waals surface area (Å²) in [6.45, 7) is -0.126. The Labute approximate surface area is 119 Å². The molecule has 0 saturated carbocycles. The third-order valence-corrected chi connectivity index (χ3v) is 3.03. The first kappa shape index (κ1) is 13.0. The van der Waals surface area contributed by atoms with Crippen LogP contribution in [0.2, 0.25) is 0 Å². The molecule has 3 rings (SSSR count). The second-order valence-corrected chi connectivity index (χ2v) is 4.45. The molecule has 3 aromatic heterocycles. The third kappa shape index (κ3) is 2.50. The number of rotatable bonds is 4. The van der Waals surface area contributed by atoms with Crippen LogP contribution in [0.3, 0.4) is 0 Å². The molecule has 0 bridgehead atoms. The smallest absolute Gasteiger partial charge is 0.267 e. The van der Waals surface area contributed by atoms with Crippen molar-refractivity contribution in [2.75, 3.05) is 0 Å². The molecule has 0 saturated heterocycles. The molecule has 0 aromatic carbocycles. The number of nitrogens with zero attached hydrogens (tertiary/aromatic N) is 6. The molecule has 106 valence electrons. The average molecular weight is 284 g/mol. The van der Waals surface area contributed by atoms with Crippen molar-refractivity contribution >= 4 is 5.78 Å². The van der Waals surface area contributed by atoms with Gasteiger partial charge in [-0.2, -0.15) is 5.10 Å². The monoisotopic (exact) mass is 284 g/mol. The van der Waals surface area contributed by atoms with E-state index in [9.17, 15) is 9.59 Å². The van der Waals surface area contributed by atoms with E-state index >= 15 is 0 Å². The van der Waals surface area contributed by atoms with Gasteiger partial charge in [0.2, 0.25) is 5.78 Å².